The van der Waals surface area contributed by atoms with Gasteiger partial charge in [-0.05, 0) is 52.0 Å². The second kappa shape index (κ2) is 8.67. The van der Waals surface area contributed by atoms with Crippen LogP contribution in [0.4, 0.5) is 0 Å². The minimum absolute atomic E-state index is 0. The summed E-state index contributed by atoms with van der Waals surface area (Å²) in [5.41, 5.74) is 5.72. The van der Waals surface area contributed by atoms with Crippen molar-refractivity contribution in [1.82, 2.24) is 9.62 Å². The molecule has 26 heavy (non-hydrogen) atoms. The summed E-state index contributed by atoms with van der Waals surface area (Å²) >= 11 is 0. The molecule has 0 radical (unpaired) electrons. The van der Waals surface area contributed by atoms with Gasteiger partial charge in [-0.2, -0.15) is 4.31 Å². The third-order valence-corrected chi connectivity index (χ3v) is 5.69. The van der Waals surface area contributed by atoms with Crippen molar-refractivity contribution in [3.05, 3.63) is 29.8 Å². The smallest absolute Gasteiger partial charge is 0.251 e. The summed E-state index contributed by atoms with van der Waals surface area (Å²) < 4.78 is 32.6. The lowest BCUT2D eigenvalue weighted by Crippen LogP contribution is -2.48. The number of ether oxygens (including phenoxy) is 1. The molecule has 1 aromatic carbocycles. The topological polar surface area (TPSA) is 102 Å². The van der Waals surface area contributed by atoms with Gasteiger partial charge in [0, 0.05) is 30.7 Å². The average Bonchev–Trinajstić information content (AvgIpc) is 2.51. The molecule has 7 nitrogen and oxygen atoms in total. The molecule has 148 valence electrons. The molecule has 2 atom stereocenters. The van der Waals surface area contributed by atoms with Crippen LogP contribution in [0.15, 0.2) is 29.2 Å². The number of rotatable bonds is 5. The van der Waals surface area contributed by atoms with Gasteiger partial charge in [-0.3, -0.25) is 4.79 Å². The Morgan fingerprint density at radius 3 is 2.19 bits per heavy atom. The van der Waals surface area contributed by atoms with Crippen molar-refractivity contribution >= 4 is 28.3 Å². The first kappa shape index (κ1) is 22.9. The van der Waals surface area contributed by atoms with Crippen LogP contribution >= 0.6 is 12.4 Å². The van der Waals surface area contributed by atoms with Crippen LogP contribution in [0, 0.1) is 0 Å². The van der Waals surface area contributed by atoms with E-state index in [-0.39, 0.29) is 35.4 Å². The fourth-order valence-corrected chi connectivity index (χ4v) is 4.25. The number of amides is 1. The summed E-state index contributed by atoms with van der Waals surface area (Å²) in [5.74, 6) is -0.281. The minimum Gasteiger partial charge on any atom is -0.373 e. The Morgan fingerprint density at radius 1 is 1.23 bits per heavy atom. The zero-order valence-corrected chi connectivity index (χ0v) is 17.2. The largest absolute Gasteiger partial charge is 0.373 e. The number of hydrogen-bond acceptors (Lipinski definition) is 5. The molecule has 0 aliphatic carbocycles. The molecule has 0 bridgehead atoms. The quantitative estimate of drug-likeness (QED) is 0.770. The molecular formula is C17H28ClN3O4S. The number of morpholine rings is 1. The molecule has 2 unspecified atom stereocenters. The molecule has 1 aliphatic rings. The van der Waals surface area contributed by atoms with Crippen molar-refractivity contribution in [1.29, 1.82) is 0 Å². The van der Waals surface area contributed by atoms with E-state index in [1.165, 1.54) is 28.6 Å². The second-order valence-corrected chi connectivity index (χ2v) is 9.21. The Balaban J connectivity index is 0.00000338. The van der Waals surface area contributed by atoms with Crippen LogP contribution in [0.25, 0.3) is 0 Å². The maximum Gasteiger partial charge on any atom is 0.251 e. The number of nitrogens with zero attached hydrogens (tertiary/aromatic N) is 1. The number of sulfonamides is 1. The minimum atomic E-state index is -3.60. The summed E-state index contributed by atoms with van der Waals surface area (Å²) in [4.78, 5) is 12.3. The van der Waals surface area contributed by atoms with Gasteiger partial charge in [-0.1, -0.05) is 0 Å². The van der Waals surface area contributed by atoms with Crippen molar-refractivity contribution in [2.24, 2.45) is 5.73 Å². The highest BCUT2D eigenvalue weighted by atomic mass is 35.5. The second-order valence-electron chi connectivity index (χ2n) is 7.27. The van der Waals surface area contributed by atoms with E-state index in [0.29, 0.717) is 25.2 Å². The maximum atomic E-state index is 12.8. The van der Waals surface area contributed by atoms with Crippen LogP contribution in [0.2, 0.25) is 0 Å². The molecule has 1 heterocycles. The number of hydrogen-bond donors (Lipinski definition) is 2. The summed E-state index contributed by atoms with van der Waals surface area (Å²) in [6.45, 7) is 8.30. The molecule has 1 aliphatic heterocycles. The SMILES string of the molecule is CC1CN(S(=O)(=O)c2ccc(C(=O)NCC(C)(C)N)cc2)CC(C)O1.Cl. The average molecular weight is 406 g/mol. The highest BCUT2D eigenvalue weighted by molar-refractivity contribution is 7.89. The molecule has 1 aromatic rings. The van der Waals surface area contributed by atoms with E-state index < -0.39 is 15.6 Å². The highest BCUT2D eigenvalue weighted by Gasteiger charge is 2.32. The zero-order chi connectivity index (χ0) is 18.8. The molecule has 1 amide bonds. The summed E-state index contributed by atoms with van der Waals surface area (Å²) in [5, 5.41) is 2.73. The Labute approximate surface area is 161 Å². The van der Waals surface area contributed by atoms with E-state index in [1.807, 2.05) is 27.7 Å². The van der Waals surface area contributed by atoms with Gasteiger partial charge in [0.25, 0.3) is 5.91 Å². The Kier molecular flexibility index (Phi) is 7.62. The summed E-state index contributed by atoms with van der Waals surface area (Å²) in [7, 11) is -3.60. The molecule has 1 fully saturated rings. The standard InChI is InChI=1S/C17H27N3O4S.ClH/c1-12-9-20(10-13(2)24-12)25(22,23)15-7-5-14(6-8-15)16(21)19-11-17(3,4)18;/h5-8,12-13H,9-11,18H2,1-4H3,(H,19,21);1H. The maximum absolute atomic E-state index is 12.8. The molecule has 2 rings (SSSR count). The number of carbonyl (C=O) groups is 1. The van der Waals surface area contributed by atoms with Gasteiger partial charge in [0.1, 0.15) is 0 Å². The van der Waals surface area contributed by atoms with E-state index >= 15 is 0 Å². The summed E-state index contributed by atoms with van der Waals surface area (Å²) in [6, 6.07) is 5.95. The monoisotopic (exact) mass is 405 g/mol. The van der Waals surface area contributed by atoms with Crippen molar-refractivity contribution < 1.29 is 17.9 Å². The first-order chi connectivity index (χ1) is 11.5. The van der Waals surface area contributed by atoms with Gasteiger partial charge in [-0.15, -0.1) is 12.4 Å². The van der Waals surface area contributed by atoms with Gasteiger partial charge >= 0.3 is 0 Å². The Bertz CT molecular complexity index is 707. The molecule has 0 aromatic heterocycles. The predicted octanol–water partition coefficient (Wildman–Crippen LogP) is 1.37. The first-order valence-electron chi connectivity index (χ1n) is 8.32. The molecule has 0 spiro atoms. The van der Waals surface area contributed by atoms with E-state index in [2.05, 4.69) is 5.32 Å². The molecule has 0 saturated carbocycles. The van der Waals surface area contributed by atoms with Crippen LogP contribution < -0.4 is 11.1 Å². The third-order valence-electron chi connectivity index (χ3n) is 3.84. The lowest BCUT2D eigenvalue weighted by Gasteiger charge is -2.34. The number of nitrogens with two attached hydrogens (primary N) is 1. The Morgan fingerprint density at radius 2 is 1.73 bits per heavy atom. The Hall–Kier alpha value is -1.19. The lowest BCUT2D eigenvalue weighted by molar-refractivity contribution is -0.0440. The number of benzene rings is 1. The predicted molar refractivity (Wildman–Crippen MR) is 103 cm³/mol. The fraction of sp³-hybridized carbons (Fsp3) is 0.588. The first-order valence-corrected chi connectivity index (χ1v) is 9.76. The van der Waals surface area contributed by atoms with Crippen molar-refractivity contribution in [3.63, 3.8) is 0 Å². The van der Waals surface area contributed by atoms with Crippen LogP contribution in [0.3, 0.4) is 0 Å². The number of halogens is 1. The molecular weight excluding hydrogens is 378 g/mol. The van der Waals surface area contributed by atoms with Crippen molar-refractivity contribution in [2.75, 3.05) is 19.6 Å². The molecule has 1 saturated heterocycles. The van der Waals surface area contributed by atoms with Gasteiger partial charge < -0.3 is 15.8 Å². The van der Waals surface area contributed by atoms with E-state index in [4.69, 9.17) is 10.5 Å². The van der Waals surface area contributed by atoms with Gasteiger partial charge in [0.05, 0.1) is 17.1 Å². The molecule has 3 N–H and O–H groups in total. The van der Waals surface area contributed by atoms with Crippen LogP contribution in [0.1, 0.15) is 38.1 Å². The summed E-state index contributed by atoms with van der Waals surface area (Å²) in [6.07, 6.45) is -0.300. The normalized spacial score (nSPS) is 21.7. The van der Waals surface area contributed by atoms with Crippen LogP contribution in [-0.4, -0.2) is 56.0 Å². The van der Waals surface area contributed by atoms with E-state index in [1.54, 1.807) is 0 Å². The van der Waals surface area contributed by atoms with Crippen LogP contribution in [-0.2, 0) is 14.8 Å². The lowest BCUT2D eigenvalue weighted by atomic mass is 10.1. The fourth-order valence-electron chi connectivity index (χ4n) is 2.66. The highest BCUT2D eigenvalue weighted by Crippen LogP contribution is 2.21. The van der Waals surface area contributed by atoms with Gasteiger partial charge in [0.2, 0.25) is 10.0 Å². The number of nitrogens with one attached hydrogen (secondary N) is 1. The van der Waals surface area contributed by atoms with E-state index in [0.717, 1.165) is 0 Å². The van der Waals surface area contributed by atoms with Crippen LogP contribution in [0.5, 0.6) is 0 Å². The number of carbonyl (C=O) groups excluding carboxylic acids is 1. The molecule has 9 heteroatoms. The van der Waals surface area contributed by atoms with Gasteiger partial charge in [0.15, 0.2) is 0 Å². The zero-order valence-electron chi connectivity index (χ0n) is 15.6. The third kappa shape index (κ3) is 5.92. The van der Waals surface area contributed by atoms with Crippen molar-refractivity contribution in [3.8, 4) is 0 Å². The van der Waals surface area contributed by atoms with Gasteiger partial charge in [-0.25, -0.2) is 8.42 Å². The van der Waals surface area contributed by atoms with Crippen molar-refractivity contribution in [2.45, 2.75) is 50.3 Å². The van der Waals surface area contributed by atoms with E-state index in [9.17, 15) is 13.2 Å².